The van der Waals surface area contributed by atoms with Crippen LogP contribution in [0.15, 0.2) is 48.8 Å². The highest BCUT2D eigenvalue weighted by molar-refractivity contribution is 6.01. The molecule has 0 saturated carbocycles. The van der Waals surface area contributed by atoms with Crippen LogP contribution in [0.1, 0.15) is 40.5 Å². The second-order valence-corrected chi connectivity index (χ2v) is 8.87. The molecule has 0 unspecified atom stereocenters. The van der Waals surface area contributed by atoms with E-state index in [1.165, 1.54) is 22.3 Å². The third-order valence-corrected chi connectivity index (χ3v) is 6.03. The van der Waals surface area contributed by atoms with Gasteiger partial charge < -0.3 is 19.7 Å². The molecule has 2 aliphatic rings. The lowest BCUT2D eigenvalue weighted by Gasteiger charge is -2.29. The number of aromatic nitrogens is 2. The van der Waals surface area contributed by atoms with Gasteiger partial charge >= 0.3 is 6.03 Å². The quantitative estimate of drug-likeness (QED) is 0.386. The van der Waals surface area contributed by atoms with Crippen molar-refractivity contribution in [2.45, 2.75) is 32.4 Å². The molecule has 0 radical (unpaired) electrons. The molecule has 12 nitrogen and oxygen atoms in total. The van der Waals surface area contributed by atoms with E-state index < -0.39 is 6.03 Å². The van der Waals surface area contributed by atoms with Gasteiger partial charge in [0.25, 0.3) is 5.88 Å². The molecule has 1 atom stereocenters. The minimum atomic E-state index is -0.470. The molecular formula is C27H27N7O5. The molecule has 200 valence electrons. The van der Waals surface area contributed by atoms with E-state index >= 15 is 0 Å². The normalized spacial score (nSPS) is 14.8. The van der Waals surface area contributed by atoms with Crippen LogP contribution in [0, 0.1) is 11.3 Å². The summed E-state index contributed by atoms with van der Waals surface area (Å²) in [6.45, 7) is 2.87. The van der Waals surface area contributed by atoms with Gasteiger partial charge in [0.1, 0.15) is 23.4 Å². The first-order valence-electron chi connectivity index (χ1n) is 12.2. The van der Waals surface area contributed by atoms with Crippen molar-refractivity contribution in [3.8, 4) is 6.07 Å². The lowest BCUT2D eigenvalue weighted by molar-refractivity contribution is 0.111. The van der Waals surface area contributed by atoms with E-state index in [1.54, 1.807) is 37.5 Å². The molecule has 2 aliphatic heterocycles. The maximum absolute atomic E-state index is 13.3. The number of carbonyl (C=O) groups excluding carboxylic acids is 3. The van der Waals surface area contributed by atoms with Gasteiger partial charge in [0, 0.05) is 43.7 Å². The van der Waals surface area contributed by atoms with Crippen LogP contribution in [-0.2, 0) is 27.2 Å². The summed E-state index contributed by atoms with van der Waals surface area (Å²) < 4.78 is 10.4. The number of hydrogen-bond donors (Lipinski definition) is 2. The second-order valence-electron chi connectivity index (χ2n) is 8.87. The molecule has 0 saturated heterocycles. The number of nitriles is 1. The SMILES string of the molecule is COC[C@H](C)Nc1cc(NC(=O)N2CCCc3cc(CN4C=CC=COC4=C=O)c(C=O)nc32)ncc1C#N. The predicted octanol–water partition coefficient (Wildman–Crippen LogP) is 3.12. The third kappa shape index (κ3) is 6.30. The molecule has 2 amide bonds. The van der Waals surface area contributed by atoms with Gasteiger partial charge in [-0.2, -0.15) is 5.26 Å². The van der Waals surface area contributed by atoms with Crippen molar-refractivity contribution in [1.82, 2.24) is 14.9 Å². The molecule has 0 spiro atoms. The summed E-state index contributed by atoms with van der Waals surface area (Å²) in [5.41, 5.74) is 2.35. The molecule has 2 N–H and O–H groups in total. The highest BCUT2D eigenvalue weighted by atomic mass is 16.5. The smallest absolute Gasteiger partial charge is 0.328 e. The minimum Gasteiger partial charge on any atom is -0.440 e. The summed E-state index contributed by atoms with van der Waals surface area (Å²) in [5, 5.41) is 15.4. The maximum atomic E-state index is 13.3. The standard InChI is InChI=1S/C27H27N7O5/c1-18(17-38-2)30-22-11-24(29-13-21(22)12-28)32-27(37)34-8-5-6-19-10-20(23(15-35)31-26(19)34)14-33-7-3-4-9-39-25(33)16-36/h3-4,7,9-11,13,15,18H,5-6,8,14,17H2,1-2H3,(H2,29,30,32,37)/t18-/m0/s1. The lowest BCUT2D eigenvalue weighted by Crippen LogP contribution is -2.40. The summed E-state index contributed by atoms with van der Waals surface area (Å²) in [5.74, 6) is 2.33. The van der Waals surface area contributed by atoms with Crippen LogP contribution in [0.3, 0.4) is 0 Å². The molecule has 0 bridgehead atoms. The number of allylic oxidation sites excluding steroid dienone is 2. The van der Waals surface area contributed by atoms with Crippen molar-refractivity contribution in [2.24, 2.45) is 0 Å². The number of carbonyl (C=O) groups is 2. The van der Waals surface area contributed by atoms with Crippen molar-refractivity contribution < 1.29 is 23.9 Å². The number of amides is 2. The number of aldehydes is 1. The van der Waals surface area contributed by atoms with Gasteiger partial charge in [-0.15, -0.1) is 0 Å². The zero-order valence-electron chi connectivity index (χ0n) is 21.5. The van der Waals surface area contributed by atoms with Gasteiger partial charge in [-0.25, -0.2) is 19.6 Å². The van der Waals surface area contributed by atoms with Crippen molar-refractivity contribution in [3.05, 3.63) is 71.2 Å². The number of rotatable bonds is 8. The molecule has 2 aromatic heterocycles. The van der Waals surface area contributed by atoms with Crippen LogP contribution in [0.2, 0.25) is 0 Å². The summed E-state index contributed by atoms with van der Waals surface area (Å²) in [7, 11) is 1.59. The summed E-state index contributed by atoms with van der Waals surface area (Å²) in [6, 6.07) is 4.94. The van der Waals surface area contributed by atoms with Gasteiger partial charge in [-0.05, 0) is 43.5 Å². The maximum Gasteiger partial charge on any atom is 0.328 e. The number of methoxy groups -OCH3 is 1. The van der Waals surface area contributed by atoms with Crippen LogP contribution < -0.4 is 15.5 Å². The predicted molar refractivity (Wildman–Crippen MR) is 142 cm³/mol. The fourth-order valence-electron chi connectivity index (χ4n) is 4.28. The molecule has 12 heteroatoms. The Labute approximate surface area is 225 Å². The van der Waals surface area contributed by atoms with Gasteiger partial charge in [0.2, 0.25) is 0 Å². The second kappa shape index (κ2) is 12.5. The topological polar surface area (TPSA) is 150 Å². The monoisotopic (exact) mass is 529 g/mol. The first-order valence-corrected chi connectivity index (χ1v) is 12.2. The number of fused-ring (bicyclic) bond motifs is 1. The van der Waals surface area contributed by atoms with Gasteiger partial charge in [0.05, 0.1) is 30.7 Å². The van der Waals surface area contributed by atoms with Gasteiger partial charge in [-0.3, -0.25) is 15.0 Å². The van der Waals surface area contributed by atoms with Crippen LogP contribution in [0.4, 0.5) is 22.1 Å². The Morgan fingerprint density at radius 2 is 2.21 bits per heavy atom. The Bertz CT molecular complexity index is 1410. The fourth-order valence-corrected chi connectivity index (χ4v) is 4.28. The van der Waals surface area contributed by atoms with Crippen LogP contribution in [-0.4, -0.2) is 59.4 Å². The minimum absolute atomic E-state index is 0.0454. The number of aryl methyl sites for hydroxylation is 1. The van der Waals surface area contributed by atoms with Gasteiger partial charge in [-0.1, -0.05) is 0 Å². The average Bonchev–Trinajstić information content (AvgIpc) is 3.17. The number of hydrogen-bond acceptors (Lipinski definition) is 10. The van der Waals surface area contributed by atoms with Crippen molar-refractivity contribution in [1.29, 1.82) is 5.26 Å². The zero-order chi connectivity index (χ0) is 27.8. The fraction of sp³-hybridized carbons (Fsp3) is 0.296. The number of pyridine rings is 2. The molecular weight excluding hydrogens is 502 g/mol. The van der Waals surface area contributed by atoms with E-state index in [9.17, 15) is 19.6 Å². The first kappa shape index (κ1) is 27.1. The lowest BCUT2D eigenvalue weighted by atomic mass is 10.0. The highest BCUT2D eigenvalue weighted by Crippen LogP contribution is 2.29. The van der Waals surface area contributed by atoms with Crippen molar-refractivity contribution in [3.63, 3.8) is 0 Å². The van der Waals surface area contributed by atoms with Crippen LogP contribution in [0.5, 0.6) is 0 Å². The zero-order valence-corrected chi connectivity index (χ0v) is 21.5. The van der Waals surface area contributed by atoms with E-state index in [0.717, 1.165) is 5.56 Å². The molecule has 4 rings (SSSR count). The number of nitrogens with one attached hydrogen (secondary N) is 2. The van der Waals surface area contributed by atoms with Crippen LogP contribution >= 0.6 is 0 Å². The molecule has 0 aliphatic carbocycles. The number of anilines is 3. The molecule has 2 aromatic rings. The highest BCUT2D eigenvalue weighted by Gasteiger charge is 2.27. The van der Waals surface area contributed by atoms with Crippen molar-refractivity contribution in [2.75, 3.05) is 35.8 Å². The summed E-state index contributed by atoms with van der Waals surface area (Å²) in [4.78, 5) is 48.3. The van der Waals surface area contributed by atoms with Crippen molar-refractivity contribution >= 4 is 35.6 Å². The number of nitrogens with zero attached hydrogens (tertiary/aromatic N) is 5. The van der Waals surface area contributed by atoms with E-state index in [-0.39, 0.29) is 30.0 Å². The first-order chi connectivity index (χ1) is 19.0. The van der Waals surface area contributed by atoms with E-state index in [0.29, 0.717) is 54.9 Å². The van der Waals surface area contributed by atoms with Crippen LogP contribution in [0.25, 0.3) is 0 Å². The number of urea groups is 1. The van der Waals surface area contributed by atoms with Gasteiger partial charge in [0.15, 0.2) is 12.2 Å². The average molecular weight is 530 g/mol. The summed E-state index contributed by atoms with van der Waals surface area (Å²) in [6.07, 6.45) is 9.66. The summed E-state index contributed by atoms with van der Waals surface area (Å²) >= 11 is 0. The van der Waals surface area contributed by atoms with E-state index in [1.807, 2.05) is 13.0 Å². The molecule has 0 fully saturated rings. The Morgan fingerprint density at radius 3 is 2.95 bits per heavy atom. The van der Waals surface area contributed by atoms with E-state index in [2.05, 4.69) is 26.7 Å². The Morgan fingerprint density at radius 1 is 1.36 bits per heavy atom. The largest absolute Gasteiger partial charge is 0.440 e. The molecule has 4 heterocycles. The number of ether oxygens (including phenoxy) is 2. The third-order valence-electron chi connectivity index (χ3n) is 6.03. The van der Waals surface area contributed by atoms with E-state index in [4.69, 9.17) is 9.47 Å². The Kier molecular flexibility index (Phi) is 8.68. The Hall–Kier alpha value is -4.98. The molecule has 0 aromatic carbocycles. The molecule has 39 heavy (non-hydrogen) atoms. The Balaban J connectivity index is 1.57.